The molecule has 2 rings (SSSR count). The molecule has 0 atom stereocenters. The maximum absolute atomic E-state index is 13.0. The van der Waals surface area contributed by atoms with Crippen molar-refractivity contribution in [3.63, 3.8) is 0 Å². The summed E-state index contributed by atoms with van der Waals surface area (Å²) in [4.78, 5) is 0. The van der Waals surface area contributed by atoms with Crippen molar-refractivity contribution in [3.05, 3.63) is 35.1 Å². The second-order valence-electron chi connectivity index (χ2n) is 4.99. The monoisotopic (exact) mass is 307 g/mol. The summed E-state index contributed by atoms with van der Waals surface area (Å²) in [5, 5.41) is 3.07. The summed E-state index contributed by atoms with van der Waals surface area (Å²) in [5.74, 6) is 1.92. The predicted octanol–water partition coefficient (Wildman–Crippen LogP) is 4.08. The minimum Gasteiger partial charge on any atom is -0.312 e. The van der Waals surface area contributed by atoms with E-state index in [1.807, 2.05) is 11.8 Å². The van der Waals surface area contributed by atoms with Gasteiger partial charge in [-0.05, 0) is 54.5 Å². The van der Waals surface area contributed by atoms with Crippen molar-refractivity contribution in [1.29, 1.82) is 0 Å². The Bertz CT molecular complexity index is 441. The highest BCUT2D eigenvalue weighted by atomic mass is 32.2. The van der Waals surface area contributed by atoms with E-state index < -0.39 is 17.6 Å². The number of alkyl halides is 3. The minimum absolute atomic E-state index is 0.101. The lowest BCUT2D eigenvalue weighted by molar-refractivity contribution is -0.138. The van der Waals surface area contributed by atoms with Gasteiger partial charge >= 0.3 is 6.18 Å². The van der Waals surface area contributed by atoms with E-state index in [9.17, 15) is 17.6 Å². The average Bonchev–Trinajstić information content (AvgIpc) is 2.40. The van der Waals surface area contributed by atoms with Crippen LogP contribution in [0.25, 0.3) is 0 Å². The van der Waals surface area contributed by atoms with Crippen molar-refractivity contribution in [2.24, 2.45) is 5.92 Å². The largest absolute Gasteiger partial charge is 0.416 e. The molecule has 0 saturated carbocycles. The summed E-state index contributed by atoms with van der Waals surface area (Å²) in [6.45, 7) is 0.841. The summed E-state index contributed by atoms with van der Waals surface area (Å²) in [7, 11) is 0. The van der Waals surface area contributed by atoms with Gasteiger partial charge in [-0.2, -0.15) is 24.9 Å². The first-order valence-corrected chi connectivity index (χ1v) is 7.76. The highest BCUT2D eigenvalue weighted by molar-refractivity contribution is 7.99. The fourth-order valence-corrected chi connectivity index (χ4v) is 3.53. The quantitative estimate of drug-likeness (QED) is 0.841. The van der Waals surface area contributed by atoms with Gasteiger partial charge in [-0.25, -0.2) is 4.39 Å². The van der Waals surface area contributed by atoms with Crippen LogP contribution in [0.4, 0.5) is 17.6 Å². The second kappa shape index (κ2) is 6.80. The van der Waals surface area contributed by atoms with Gasteiger partial charge in [0.05, 0.1) is 5.56 Å². The summed E-state index contributed by atoms with van der Waals surface area (Å²) in [6, 6.07) is 2.85. The van der Waals surface area contributed by atoms with E-state index in [1.165, 1.54) is 6.07 Å². The number of benzene rings is 1. The van der Waals surface area contributed by atoms with E-state index in [1.54, 1.807) is 0 Å². The van der Waals surface area contributed by atoms with Gasteiger partial charge in [-0.15, -0.1) is 0 Å². The minimum atomic E-state index is -4.51. The van der Waals surface area contributed by atoms with Crippen LogP contribution < -0.4 is 5.32 Å². The summed E-state index contributed by atoms with van der Waals surface area (Å²) >= 11 is 1.92. The van der Waals surface area contributed by atoms with Gasteiger partial charge < -0.3 is 5.32 Å². The fraction of sp³-hybridized carbons (Fsp3) is 0.571. The molecule has 0 radical (unpaired) electrons. The molecule has 1 heterocycles. The molecule has 112 valence electrons. The van der Waals surface area contributed by atoms with E-state index in [4.69, 9.17) is 0 Å². The van der Waals surface area contributed by atoms with E-state index in [-0.39, 0.29) is 12.1 Å². The number of halogens is 4. The van der Waals surface area contributed by atoms with Crippen molar-refractivity contribution < 1.29 is 17.6 Å². The number of rotatable bonds is 4. The standard InChI is InChI=1S/C14H17F4NS/c15-12-2-1-11(13(7-12)14(16,17)18)9-19-8-10-3-5-20-6-4-10/h1-2,7,10,19H,3-6,8-9H2. The van der Waals surface area contributed by atoms with Crippen LogP contribution >= 0.6 is 11.8 Å². The molecule has 0 aliphatic carbocycles. The molecule has 0 aromatic heterocycles. The SMILES string of the molecule is Fc1ccc(CNCC2CCSCC2)c(C(F)(F)F)c1. The molecule has 0 unspecified atom stereocenters. The first kappa shape index (κ1) is 15.6. The van der Waals surface area contributed by atoms with Crippen LogP contribution in [0.15, 0.2) is 18.2 Å². The number of thioether (sulfide) groups is 1. The highest BCUT2D eigenvalue weighted by Crippen LogP contribution is 2.32. The smallest absolute Gasteiger partial charge is 0.312 e. The van der Waals surface area contributed by atoms with E-state index in [0.717, 1.165) is 37.0 Å². The Kier molecular flexibility index (Phi) is 5.32. The van der Waals surface area contributed by atoms with Crippen molar-refractivity contribution in [3.8, 4) is 0 Å². The van der Waals surface area contributed by atoms with Crippen molar-refractivity contribution in [2.75, 3.05) is 18.1 Å². The van der Waals surface area contributed by atoms with Crippen LogP contribution in [0.3, 0.4) is 0 Å². The van der Waals surface area contributed by atoms with E-state index in [2.05, 4.69) is 5.32 Å². The molecule has 0 bridgehead atoms. The van der Waals surface area contributed by atoms with Gasteiger partial charge in [0.15, 0.2) is 0 Å². The van der Waals surface area contributed by atoms with Gasteiger partial charge in [-0.1, -0.05) is 6.07 Å². The Morgan fingerprint density at radius 3 is 2.55 bits per heavy atom. The van der Waals surface area contributed by atoms with Crippen molar-refractivity contribution in [1.82, 2.24) is 5.32 Å². The molecular weight excluding hydrogens is 290 g/mol. The summed E-state index contributed by atoms with van der Waals surface area (Å²) in [5.41, 5.74) is -0.784. The van der Waals surface area contributed by atoms with Crippen LogP contribution in [0.2, 0.25) is 0 Å². The maximum atomic E-state index is 13.0. The Hall–Kier alpha value is -0.750. The molecular formula is C14H17F4NS. The first-order chi connectivity index (χ1) is 9.47. The van der Waals surface area contributed by atoms with Gasteiger partial charge in [-0.3, -0.25) is 0 Å². The highest BCUT2D eigenvalue weighted by Gasteiger charge is 2.33. The first-order valence-electron chi connectivity index (χ1n) is 6.61. The van der Waals surface area contributed by atoms with Crippen LogP contribution in [0.1, 0.15) is 24.0 Å². The zero-order chi connectivity index (χ0) is 14.6. The Balaban J connectivity index is 1.95. The predicted molar refractivity (Wildman–Crippen MR) is 73.2 cm³/mol. The van der Waals surface area contributed by atoms with E-state index in [0.29, 0.717) is 12.0 Å². The van der Waals surface area contributed by atoms with E-state index >= 15 is 0 Å². The zero-order valence-electron chi connectivity index (χ0n) is 11.0. The Morgan fingerprint density at radius 2 is 1.90 bits per heavy atom. The third-order valence-electron chi connectivity index (χ3n) is 3.47. The molecule has 1 saturated heterocycles. The van der Waals surface area contributed by atoms with Crippen LogP contribution in [0, 0.1) is 11.7 Å². The molecule has 1 aromatic rings. The maximum Gasteiger partial charge on any atom is 0.416 e. The van der Waals surface area contributed by atoms with Crippen LogP contribution in [0.5, 0.6) is 0 Å². The molecule has 1 aromatic carbocycles. The Labute approximate surface area is 120 Å². The molecule has 1 aliphatic rings. The molecule has 1 nitrogen and oxygen atoms in total. The van der Waals surface area contributed by atoms with Crippen molar-refractivity contribution in [2.45, 2.75) is 25.6 Å². The number of nitrogens with one attached hydrogen (secondary N) is 1. The number of hydrogen-bond acceptors (Lipinski definition) is 2. The molecule has 6 heteroatoms. The molecule has 1 N–H and O–H groups in total. The molecule has 1 aliphatic heterocycles. The molecule has 0 amide bonds. The van der Waals surface area contributed by atoms with Gasteiger partial charge in [0.1, 0.15) is 5.82 Å². The number of hydrogen-bond donors (Lipinski definition) is 1. The summed E-state index contributed by atoms with van der Waals surface area (Å²) in [6.07, 6.45) is -2.30. The van der Waals surface area contributed by atoms with Crippen molar-refractivity contribution >= 4 is 11.8 Å². The normalized spacial score (nSPS) is 17.4. The lowest BCUT2D eigenvalue weighted by atomic mass is 10.0. The Morgan fingerprint density at radius 1 is 1.20 bits per heavy atom. The molecule has 20 heavy (non-hydrogen) atoms. The zero-order valence-corrected chi connectivity index (χ0v) is 11.8. The molecule has 1 fully saturated rings. The van der Waals surface area contributed by atoms with Gasteiger partial charge in [0.25, 0.3) is 0 Å². The second-order valence-corrected chi connectivity index (χ2v) is 6.21. The lowest BCUT2D eigenvalue weighted by Crippen LogP contribution is -2.26. The van der Waals surface area contributed by atoms with Crippen LogP contribution in [-0.4, -0.2) is 18.1 Å². The van der Waals surface area contributed by atoms with Crippen LogP contribution in [-0.2, 0) is 12.7 Å². The van der Waals surface area contributed by atoms with Gasteiger partial charge in [0, 0.05) is 6.54 Å². The molecule has 0 spiro atoms. The van der Waals surface area contributed by atoms with Gasteiger partial charge in [0.2, 0.25) is 0 Å². The fourth-order valence-electron chi connectivity index (χ4n) is 2.33. The average molecular weight is 307 g/mol. The lowest BCUT2D eigenvalue weighted by Gasteiger charge is -2.22. The third kappa shape index (κ3) is 4.38. The topological polar surface area (TPSA) is 12.0 Å². The summed E-state index contributed by atoms with van der Waals surface area (Å²) < 4.78 is 51.4. The third-order valence-corrected chi connectivity index (χ3v) is 4.52.